The van der Waals surface area contributed by atoms with Crippen molar-refractivity contribution >= 4 is 39.3 Å². The number of para-hydroxylation sites is 1. The first-order valence-electron chi connectivity index (χ1n) is 9.50. The smallest absolute Gasteiger partial charge is 0.203 e. The number of nitrogen functional groups attached to an aromatic ring is 1. The van der Waals surface area contributed by atoms with Crippen LogP contribution in [0.3, 0.4) is 0 Å². The molecule has 4 aromatic rings. The second-order valence-electron chi connectivity index (χ2n) is 6.51. The van der Waals surface area contributed by atoms with Gasteiger partial charge in [0.2, 0.25) is 5.75 Å². The molecule has 32 heavy (non-hydrogen) atoms. The summed E-state index contributed by atoms with van der Waals surface area (Å²) in [6.07, 6.45) is 0. The Hall–Kier alpha value is -3.50. The molecule has 4 rings (SSSR count). The number of nitrogens with one attached hydrogen (secondary N) is 1. The van der Waals surface area contributed by atoms with Gasteiger partial charge in [0.1, 0.15) is 21.5 Å². The molecule has 8 nitrogen and oxygen atoms in total. The molecule has 0 radical (unpaired) electrons. The Morgan fingerprint density at radius 1 is 0.875 bits per heavy atom. The summed E-state index contributed by atoms with van der Waals surface area (Å²) in [6, 6.07) is 11.4. The van der Waals surface area contributed by atoms with Crippen LogP contribution in [0.15, 0.2) is 41.8 Å². The molecule has 0 amide bonds. The Morgan fingerprint density at radius 3 is 2.22 bits per heavy atom. The van der Waals surface area contributed by atoms with E-state index in [4.69, 9.17) is 29.7 Å². The molecule has 0 saturated heterocycles. The van der Waals surface area contributed by atoms with E-state index in [0.29, 0.717) is 28.2 Å². The Bertz CT molecular complexity index is 1210. The van der Waals surface area contributed by atoms with E-state index in [-0.39, 0.29) is 0 Å². The number of aromatic nitrogens is 2. The van der Waals surface area contributed by atoms with Gasteiger partial charge in [-0.2, -0.15) is 0 Å². The molecular formula is C22H22N4O4S2. The van der Waals surface area contributed by atoms with Crippen molar-refractivity contribution < 1.29 is 18.9 Å². The molecule has 0 unspecified atom stereocenters. The van der Waals surface area contributed by atoms with Gasteiger partial charge in [-0.05, 0) is 12.1 Å². The summed E-state index contributed by atoms with van der Waals surface area (Å²) in [5.74, 6) is 2.78. The first-order chi connectivity index (χ1) is 15.6. The molecule has 0 aliphatic heterocycles. The molecular weight excluding hydrogens is 448 g/mol. The normalized spacial score (nSPS) is 10.6. The zero-order chi connectivity index (χ0) is 22.7. The van der Waals surface area contributed by atoms with Gasteiger partial charge in [0.25, 0.3) is 0 Å². The number of benzene rings is 2. The molecule has 2 heterocycles. The Kier molecular flexibility index (Phi) is 6.33. The van der Waals surface area contributed by atoms with Crippen LogP contribution in [0, 0.1) is 0 Å². The number of rotatable bonds is 8. The number of ether oxygens (including phenoxy) is 4. The summed E-state index contributed by atoms with van der Waals surface area (Å²) >= 11 is 2.93. The minimum atomic E-state index is 0.408. The highest BCUT2D eigenvalue weighted by Crippen LogP contribution is 2.43. The standard InChI is InChI=1S/C22H22N4O4S2/c1-27-15-8-6-5-7-13(15)14-11-31-21(25-14)19-20(23)26-22(32-19)24-12-9-16(28-2)18(30-4)17(10-12)29-3/h5-11H,23H2,1-4H3,(H,24,26). The van der Waals surface area contributed by atoms with Crippen LogP contribution in [-0.2, 0) is 0 Å². The van der Waals surface area contributed by atoms with E-state index in [1.54, 1.807) is 28.4 Å². The Labute approximate surface area is 193 Å². The molecule has 166 valence electrons. The predicted octanol–water partition coefficient (Wildman–Crippen LogP) is 5.29. The fourth-order valence-corrected chi connectivity index (χ4v) is 5.00. The summed E-state index contributed by atoms with van der Waals surface area (Å²) in [7, 11) is 6.35. The van der Waals surface area contributed by atoms with E-state index in [1.807, 2.05) is 41.8 Å². The van der Waals surface area contributed by atoms with Crippen molar-refractivity contribution in [2.75, 3.05) is 39.5 Å². The molecule has 0 fully saturated rings. The molecule has 0 saturated carbocycles. The van der Waals surface area contributed by atoms with Crippen LogP contribution in [0.4, 0.5) is 16.6 Å². The maximum absolute atomic E-state index is 6.22. The van der Waals surface area contributed by atoms with Crippen LogP contribution < -0.4 is 30.0 Å². The highest BCUT2D eigenvalue weighted by Gasteiger charge is 2.18. The third-order valence-electron chi connectivity index (χ3n) is 4.65. The number of nitrogens with zero attached hydrogens (tertiary/aromatic N) is 2. The van der Waals surface area contributed by atoms with Crippen molar-refractivity contribution in [3.63, 3.8) is 0 Å². The van der Waals surface area contributed by atoms with Gasteiger partial charge >= 0.3 is 0 Å². The number of hydrogen-bond donors (Lipinski definition) is 2. The second-order valence-corrected chi connectivity index (χ2v) is 8.37. The van der Waals surface area contributed by atoms with Crippen LogP contribution in [-0.4, -0.2) is 38.4 Å². The zero-order valence-corrected chi connectivity index (χ0v) is 19.6. The predicted molar refractivity (Wildman–Crippen MR) is 129 cm³/mol. The van der Waals surface area contributed by atoms with Gasteiger partial charge in [-0.25, -0.2) is 9.97 Å². The van der Waals surface area contributed by atoms with Crippen LogP contribution >= 0.6 is 22.7 Å². The number of methoxy groups -OCH3 is 4. The molecule has 2 aromatic carbocycles. The first kappa shape index (κ1) is 21.7. The fraction of sp³-hybridized carbons (Fsp3) is 0.182. The Morgan fingerprint density at radius 2 is 1.56 bits per heavy atom. The van der Waals surface area contributed by atoms with Crippen LogP contribution in [0.2, 0.25) is 0 Å². The van der Waals surface area contributed by atoms with Crippen molar-refractivity contribution in [3.8, 4) is 44.1 Å². The third kappa shape index (κ3) is 4.14. The van der Waals surface area contributed by atoms with Crippen molar-refractivity contribution in [2.24, 2.45) is 0 Å². The maximum Gasteiger partial charge on any atom is 0.203 e. The largest absolute Gasteiger partial charge is 0.496 e. The lowest BCUT2D eigenvalue weighted by atomic mass is 10.1. The minimum absolute atomic E-state index is 0.408. The molecule has 0 bridgehead atoms. The SMILES string of the molecule is COc1ccccc1-c1csc(-c2sc(Nc3cc(OC)c(OC)c(OC)c3)nc2N)n1. The molecule has 0 aliphatic carbocycles. The number of hydrogen-bond acceptors (Lipinski definition) is 10. The number of nitrogens with two attached hydrogens (primary N) is 1. The lowest BCUT2D eigenvalue weighted by Crippen LogP contribution is -1.97. The molecule has 0 atom stereocenters. The summed E-state index contributed by atoms with van der Waals surface area (Å²) in [5, 5.41) is 6.66. The molecule has 10 heteroatoms. The van der Waals surface area contributed by atoms with Gasteiger partial charge in [0, 0.05) is 28.8 Å². The molecule has 0 spiro atoms. The number of anilines is 3. The molecule has 0 aliphatic rings. The lowest BCUT2D eigenvalue weighted by Gasteiger charge is -2.14. The zero-order valence-electron chi connectivity index (χ0n) is 18.0. The highest BCUT2D eigenvalue weighted by atomic mass is 32.1. The van der Waals surface area contributed by atoms with Gasteiger partial charge < -0.3 is 30.0 Å². The van der Waals surface area contributed by atoms with Crippen molar-refractivity contribution in [1.82, 2.24) is 9.97 Å². The van der Waals surface area contributed by atoms with Gasteiger partial charge in [-0.1, -0.05) is 23.5 Å². The van der Waals surface area contributed by atoms with E-state index in [0.717, 1.165) is 32.6 Å². The minimum Gasteiger partial charge on any atom is -0.496 e. The average Bonchev–Trinajstić information content (AvgIpc) is 3.44. The highest BCUT2D eigenvalue weighted by molar-refractivity contribution is 7.23. The van der Waals surface area contributed by atoms with Gasteiger partial charge in [0.05, 0.1) is 34.1 Å². The van der Waals surface area contributed by atoms with E-state index in [1.165, 1.54) is 22.7 Å². The third-order valence-corrected chi connectivity index (χ3v) is 6.63. The second kappa shape index (κ2) is 9.33. The number of thiazole rings is 2. The first-order valence-corrected chi connectivity index (χ1v) is 11.2. The van der Waals surface area contributed by atoms with Crippen LogP contribution in [0.1, 0.15) is 0 Å². The topological polar surface area (TPSA) is 101 Å². The fourth-order valence-electron chi connectivity index (χ4n) is 3.17. The van der Waals surface area contributed by atoms with Gasteiger partial charge in [0.15, 0.2) is 16.6 Å². The molecule has 2 aromatic heterocycles. The summed E-state index contributed by atoms with van der Waals surface area (Å²) in [4.78, 5) is 10.0. The van der Waals surface area contributed by atoms with Crippen LogP contribution in [0.5, 0.6) is 23.0 Å². The lowest BCUT2D eigenvalue weighted by molar-refractivity contribution is 0.324. The van der Waals surface area contributed by atoms with E-state index >= 15 is 0 Å². The summed E-state index contributed by atoms with van der Waals surface area (Å²) < 4.78 is 21.7. The average molecular weight is 471 g/mol. The molecule has 3 N–H and O–H groups in total. The quantitative estimate of drug-likeness (QED) is 0.358. The van der Waals surface area contributed by atoms with Crippen molar-refractivity contribution in [2.45, 2.75) is 0 Å². The van der Waals surface area contributed by atoms with Crippen molar-refractivity contribution in [1.29, 1.82) is 0 Å². The van der Waals surface area contributed by atoms with Crippen molar-refractivity contribution in [3.05, 3.63) is 41.8 Å². The van der Waals surface area contributed by atoms with Gasteiger partial charge in [-0.3, -0.25) is 0 Å². The van der Waals surface area contributed by atoms with Gasteiger partial charge in [-0.15, -0.1) is 11.3 Å². The van der Waals surface area contributed by atoms with E-state index in [9.17, 15) is 0 Å². The maximum atomic E-state index is 6.22. The summed E-state index contributed by atoms with van der Waals surface area (Å²) in [5.41, 5.74) is 8.71. The van der Waals surface area contributed by atoms with E-state index in [2.05, 4.69) is 10.3 Å². The summed E-state index contributed by atoms with van der Waals surface area (Å²) in [6.45, 7) is 0. The monoisotopic (exact) mass is 470 g/mol. The van der Waals surface area contributed by atoms with Crippen LogP contribution in [0.25, 0.3) is 21.1 Å². The Balaban J connectivity index is 1.63. The van der Waals surface area contributed by atoms with E-state index < -0.39 is 0 Å².